The Morgan fingerprint density at radius 1 is 1.37 bits per heavy atom. The Morgan fingerprint density at radius 2 is 2.11 bits per heavy atom. The lowest BCUT2D eigenvalue weighted by atomic mass is 10.2. The standard InChI is InChI=1S/C19H23N3O3S2/c1-4-22-18(24)17-15(10-12(3)27-17)21-19(22)26-11-16(23)20-13-6-8-14(9-7-13)25-5-2/h6-9,12H,4-5,10-11H2,1-3H3,(H,20,23)/t12-/m1/s1. The van der Waals surface area contributed by atoms with Gasteiger partial charge in [-0.15, -0.1) is 11.8 Å². The van der Waals surface area contributed by atoms with E-state index in [0.29, 0.717) is 29.2 Å². The Bertz CT molecular complexity index is 881. The summed E-state index contributed by atoms with van der Waals surface area (Å²) >= 11 is 2.89. The minimum atomic E-state index is -0.135. The van der Waals surface area contributed by atoms with Crippen molar-refractivity contribution < 1.29 is 9.53 Å². The Kier molecular flexibility index (Phi) is 6.49. The first-order valence-electron chi connectivity index (χ1n) is 8.97. The van der Waals surface area contributed by atoms with E-state index in [1.54, 1.807) is 16.3 Å². The molecule has 2 heterocycles. The molecule has 0 fully saturated rings. The lowest BCUT2D eigenvalue weighted by Gasteiger charge is -2.12. The summed E-state index contributed by atoms with van der Waals surface area (Å²) in [5.41, 5.74) is 1.58. The first-order chi connectivity index (χ1) is 13.0. The van der Waals surface area contributed by atoms with E-state index in [1.165, 1.54) is 11.8 Å². The van der Waals surface area contributed by atoms with Crippen molar-refractivity contribution in [2.45, 2.75) is 49.0 Å². The summed E-state index contributed by atoms with van der Waals surface area (Å²) in [4.78, 5) is 30.4. The highest BCUT2D eigenvalue weighted by atomic mass is 32.2. The number of nitrogens with zero attached hydrogens (tertiary/aromatic N) is 2. The highest BCUT2D eigenvalue weighted by molar-refractivity contribution is 8.00. The van der Waals surface area contributed by atoms with E-state index in [9.17, 15) is 9.59 Å². The number of amides is 1. The number of fused-ring (bicyclic) bond motifs is 1. The number of ether oxygens (including phenoxy) is 1. The number of hydrogen-bond acceptors (Lipinski definition) is 6. The Labute approximate surface area is 167 Å². The van der Waals surface area contributed by atoms with Crippen molar-refractivity contribution in [1.29, 1.82) is 0 Å². The van der Waals surface area contributed by atoms with Crippen LogP contribution in [0.1, 0.15) is 26.5 Å². The second-order valence-electron chi connectivity index (χ2n) is 6.15. The van der Waals surface area contributed by atoms with Crippen LogP contribution in [0.15, 0.2) is 39.1 Å². The van der Waals surface area contributed by atoms with Gasteiger partial charge in [-0.05, 0) is 38.1 Å². The molecule has 1 aromatic heterocycles. The van der Waals surface area contributed by atoms with Crippen molar-refractivity contribution >= 4 is 35.1 Å². The van der Waals surface area contributed by atoms with E-state index < -0.39 is 0 Å². The fraction of sp³-hybridized carbons (Fsp3) is 0.421. The van der Waals surface area contributed by atoms with Gasteiger partial charge in [0.05, 0.1) is 22.9 Å². The van der Waals surface area contributed by atoms with E-state index in [1.807, 2.05) is 38.1 Å². The van der Waals surface area contributed by atoms with Gasteiger partial charge in [0.2, 0.25) is 5.91 Å². The molecule has 3 rings (SSSR count). The van der Waals surface area contributed by atoms with Crippen LogP contribution in [0.4, 0.5) is 5.69 Å². The zero-order valence-corrected chi connectivity index (χ0v) is 17.3. The molecule has 1 amide bonds. The lowest BCUT2D eigenvalue weighted by Crippen LogP contribution is -2.25. The van der Waals surface area contributed by atoms with Crippen molar-refractivity contribution in [2.24, 2.45) is 0 Å². The summed E-state index contributed by atoms with van der Waals surface area (Å²) in [6.07, 6.45) is 0.797. The third-order valence-corrected chi connectivity index (χ3v) is 6.25. The maximum atomic E-state index is 12.7. The molecule has 0 aliphatic carbocycles. The number of aromatic nitrogens is 2. The summed E-state index contributed by atoms with van der Waals surface area (Å²) in [5, 5.41) is 3.84. The highest BCUT2D eigenvalue weighted by Gasteiger charge is 2.26. The van der Waals surface area contributed by atoms with Crippen molar-refractivity contribution in [1.82, 2.24) is 9.55 Å². The minimum Gasteiger partial charge on any atom is -0.494 e. The molecule has 0 radical (unpaired) electrons. The number of carbonyl (C=O) groups is 1. The third-order valence-electron chi connectivity index (χ3n) is 4.06. The molecule has 1 aliphatic rings. The summed E-state index contributed by atoms with van der Waals surface area (Å²) in [6.45, 7) is 7.08. The van der Waals surface area contributed by atoms with E-state index in [-0.39, 0.29) is 17.2 Å². The largest absolute Gasteiger partial charge is 0.494 e. The van der Waals surface area contributed by atoms with E-state index in [4.69, 9.17) is 4.74 Å². The second-order valence-corrected chi connectivity index (χ2v) is 8.54. The molecule has 1 aliphatic heterocycles. The van der Waals surface area contributed by atoms with E-state index >= 15 is 0 Å². The number of thioether (sulfide) groups is 2. The molecule has 8 heteroatoms. The quantitative estimate of drug-likeness (QED) is 0.562. The van der Waals surface area contributed by atoms with Gasteiger partial charge < -0.3 is 10.1 Å². The van der Waals surface area contributed by atoms with Crippen molar-refractivity contribution in [3.05, 3.63) is 40.3 Å². The van der Waals surface area contributed by atoms with E-state index in [2.05, 4.69) is 17.2 Å². The summed E-state index contributed by atoms with van der Waals surface area (Å²) in [7, 11) is 0. The first kappa shape index (κ1) is 19.8. The van der Waals surface area contributed by atoms with Crippen molar-refractivity contribution in [3.8, 4) is 5.75 Å². The Balaban J connectivity index is 1.66. The van der Waals surface area contributed by atoms with Crippen LogP contribution in [-0.2, 0) is 17.8 Å². The fourth-order valence-corrected chi connectivity index (χ4v) is 4.84. The molecule has 144 valence electrons. The predicted molar refractivity (Wildman–Crippen MR) is 110 cm³/mol. The molecular formula is C19H23N3O3S2. The molecule has 27 heavy (non-hydrogen) atoms. The van der Waals surface area contributed by atoms with Crippen LogP contribution in [0, 0.1) is 0 Å². The Morgan fingerprint density at radius 3 is 2.78 bits per heavy atom. The van der Waals surface area contributed by atoms with Crippen LogP contribution in [0.25, 0.3) is 0 Å². The van der Waals surface area contributed by atoms with Crippen LogP contribution in [-0.4, -0.2) is 33.1 Å². The minimum absolute atomic E-state index is 0.00581. The smallest absolute Gasteiger partial charge is 0.268 e. The monoisotopic (exact) mass is 405 g/mol. The molecule has 6 nitrogen and oxygen atoms in total. The average Bonchev–Trinajstić information content (AvgIpc) is 3.02. The van der Waals surface area contributed by atoms with Gasteiger partial charge in [0.1, 0.15) is 5.75 Å². The topological polar surface area (TPSA) is 73.2 Å². The van der Waals surface area contributed by atoms with E-state index in [0.717, 1.165) is 22.8 Å². The summed E-state index contributed by atoms with van der Waals surface area (Å²) in [5.74, 6) is 0.830. The van der Waals surface area contributed by atoms with Crippen LogP contribution in [0.2, 0.25) is 0 Å². The van der Waals surface area contributed by atoms with Gasteiger partial charge in [0, 0.05) is 23.9 Å². The maximum absolute atomic E-state index is 12.7. The SMILES string of the molecule is CCOc1ccc(NC(=O)CSc2nc3c(c(=O)n2CC)S[C@H](C)C3)cc1. The highest BCUT2D eigenvalue weighted by Crippen LogP contribution is 2.34. The summed E-state index contributed by atoms with van der Waals surface area (Å²) < 4.78 is 7.04. The third kappa shape index (κ3) is 4.68. The number of rotatable bonds is 7. The molecule has 1 atom stereocenters. The number of anilines is 1. The normalized spacial score (nSPS) is 15.4. The predicted octanol–water partition coefficient (Wildman–Crippen LogP) is 3.43. The van der Waals surface area contributed by atoms with Crippen LogP contribution in [0.5, 0.6) is 5.75 Å². The van der Waals surface area contributed by atoms with Gasteiger partial charge in [-0.25, -0.2) is 4.98 Å². The molecule has 1 N–H and O–H groups in total. The zero-order valence-electron chi connectivity index (χ0n) is 15.7. The number of nitrogens with one attached hydrogen (secondary N) is 1. The maximum Gasteiger partial charge on any atom is 0.268 e. The van der Waals surface area contributed by atoms with Crippen molar-refractivity contribution in [3.63, 3.8) is 0 Å². The number of hydrogen-bond donors (Lipinski definition) is 1. The molecule has 2 aromatic rings. The molecule has 0 unspecified atom stereocenters. The van der Waals surface area contributed by atoms with Crippen LogP contribution in [0.3, 0.4) is 0 Å². The first-order valence-corrected chi connectivity index (χ1v) is 10.8. The molecule has 1 aromatic carbocycles. The summed E-state index contributed by atoms with van der Waals surface area (Å²) in [6, 6.07) is 7.26. The van der Waals surface area contributed by atoms with Crippen LogP contribution < -0.4 is 15.6 Å². The van der Waals surface area contributed by atoms with Gasteiger partial charge in [-0.2, -0.15) is 0 Å². The molecule has 0 saturated heterocycles. The van der Waals surface area contributed by atoms with Crippen LogP contribution >= 0.6 is 23.5 Å². The second kappa shape index (κ2) is 8.84. The molecule has 0 saturated carbocycles. The molecule has 0 spiro atoms. The number of carbonyl (C=O) groups excluding carboxylic acids is 1. The van der Waals surface area contributed by atoms with Gasteiger partial charge in [-0.3, -0.25) is 14.2 Å². The van der Waals surface area contributed by atoms with Gasteiger partial charge in [0.25, 0.3) is 5.56 Å². The van der Waals surface area contributed by atoms with Crippen molar-refractivity contribution in [2.75, 3.05) is 17.7 Å². The molecule has 0 bridgehead atoms. The van der Waals surface area contributed by atoms with Gasteiger partial charge in [0.15, 0.2) is 5.16 Å². The van der Waals surface area contributed by atoms with Gasteiger partial charge >= 0.3 is 0 Å². The average molecular weight is 406 g/mol. The zero-order chi connectivity index (χ0) is 19.4. The van der Waals surface area contributed by atoms with Gasteiger partial charge in [-0.1, -0.05) is 18.7 Å². The molecular weight excluding hydrogens is 382 g/mol. The Hall–Kier alpha value is -1.93. The fourth-order valence-electron chi connectivity index (χ4n) is 2.85. The number of benzene rings is 1. The lowest BCUT2D eigenvalue weighted by molar-refractivity contribution is -0.113.